The summed E-state index contributed by atoms with van der Waals surface area (Å²) in [5, 5.41) is 2.53. The smallest absolute Gasteiger partial charge is 0.407 e. The first-order valence-electron chi connectivity index (χ1n) is 6.19. The first-order chi connectivity index (χ1) is 8.99. The van der Waals surface area contributed by atoms with Crippen molar-refractivity contribution in [1.82, 2.24) is 9.88 Å². The van der Waals surface area contributed by atoms with Crippen molar-refractivity contribution in [3.8, 4) is 5.75 Å². The summed E-state index contributed by atoms with van der Waals surface area (Å²) < 4.78 is 11.2. The van der Waals surface area contributed by atoms with E-state index in [4.69, 9.17) is 4.74 Å². The highest BCUT2D eigenvalue weighted by Crippen LogP contribution is 2.13. The van der Waals surface area contributed by atoms with E-state index in [1.54, 1.807) is 18.5 Å². The lowest BCUT2D eigenvalue weighted by Crippen LogP contribution is -2.46. The third-order valence-electron chi connectivity index (χ3n) is 2.62. The van der Waals surface area contributed by atoms with E-state index >= 15 is 0 Å². The van der Waals surface area contributed by atoms with Crippen molar-refractivity contribution in [3.05, 3.63) is 18.5 Å². The molecule has 19 heavy (non-hydrogen) atoms. The van der Waals surface area contributed by atoms with Gasteiger partial charge in [0, 0.05) is 6.20 Å². The normalized spacial score (nSPS) is 12.1. The minimum Gasteiger partial charge on any atom is -0.492 e. The zero-order valence-corrected chi connectivity index (χ0v) is 11.7. The van der Waals surface area contributed by atoms with Crippen molar-refractivity contribution in [2.75, 3.05) is 13.7 Å². The van der Waals surface area contributed by atoms with Crippen LogP contribution in [0.4, 0.5) is 4.79 Å². The standard InChI is InChI=1S/C13H20N2O4/c1-5-19-10-6-7-15(8-10)12(16)11(9(2)3)14-13(17)18-4/h6-9,11H,5H2,1-4H3,(H,14,17)/t11-/m0/s1. The zero-order chi connectivity index (χ0) is 14.4. The first kappa shape index (κ1) is 15.1. The third-order valence-corrected chi connectivity index (χ3v) is 2.62. The van der Waals surface area contributed by atoms with Gasteiger partial charge in [0.2, 0.25) is 0 Å². The minimum absolute atomic E-state index is 0.0513. The molecule has 0 unspecified atom stereocenters. The molecule has 0 saturated carbocycles. The number of aromatic nitrogens is 1. The highest BCUT2D eigenvalue weighted by Gasteiger charge is 2.25. The zero-order valence-electron chi connectivity index (χ0n) is 11.7. The van der Waals surface area contributed by atoms with Crippen LogP contribution in [-0.4, -0.2) is 36.3 Å². The van der Waals surface area contributed by atoms with Gasteiger partial charge >= 0.3 is 6.09 Å². The van der Waals surface area contributed by atoms with Crippen molar-refractivity contribution in [3.63, 3.8) is 0 Å². The average Bonchev–Trinajstić information content (AvgIpc) is 2.83. The molecule has 0 aromatic carbocycles. The minimum atomic E-state index is -0.644. The Morgan fingerprint density at radius 1 is 1.42 bits per heavy atom. The molecule has 1 rings (SSSR count). The molecule has 0 aliphatic carbocycles. The molecular formula is C13H20N2O4. The number of nitrogens with zero attached hydrogens (tertiary/aromatic N) is 1. The summed E-state index contributed by atoms with van der Waals surface area (Å²) in [5.41, 5.74) is 0. The first-order valence-corrected chi connectivity index (χ1v) is 6.19. The van der Waals surface area contributed by atoms with Crippen molar-refractivity contribution in [1.29, 1.82) is 0 Å². The number of nitrogens with one attached hydrogen (secondary N) is 1. The van der Waals surface area contributed by atoms with E-state index in [0.29, 0.717) is 12.4 Å². The Bertz CT molecular complexity index is 440. The molecule has 6 heteroatoms. The largest absolute Gasteiger partial charge is 0.492 e. The maximum absolute atomic E-state index is 12.3. The number of amides is 1. The number of carbonyl (C=O) groups is 2. The van der Waals surface area contributed by atoms with Gasteiger partial charge in [-0.25, -0.2) is 4.79 Å². The van der Waals surface area contributed by atoms with Gasteiger partial charge in [-0.2, -0.15) is 0 Å². The maximum Gasteiger partial charge on any atom is 0.407 e. The van der Waals surface area contributed by atoms with Crippen LogP contribution in [0.3, 0.4) is 0 Å². The predicted octanol–water partition coefficient (Wildman–Crippen LogP) is 1.91. The van der Waals surface area contributed by atoms with E-state index in [9.17, 15) is 9.59 Å². The lowest BCUT2D eigenvalue weighted by atomic mass is 10.0. The molecule has 6 nitrogen and oxygen atoms in total. The summed E-state index contributed by atoms with van der Waals surface area (Å²) in [5.74, 6) is 0.340. The van der Waals surface area contributed by atoms with Crippen LogP contribution in [0.2, 0.25) is 0 Å². The van der Waals surface area contributed by atoms with E-state index in [1.165, 1.54) is 11.7 Å². The van der Waals surface area contributed by atoms with Crippen LogP contribution in [0.1, 0.15) is 25.6 Å². The third kappa shape index (κ3) is 4.01. The monoisotopic (exact) mass is 268 g/mol. The molecule has 106 valence electrons. The highest BCUT2D eigenvalue weighted by atomic mass is 16.5. The second-order valence-electron chi connectivity index (χ2n) is 4.38. The molecule has 1 aromatic heterocycles. The fourth-order valence-corrected chi connectivity index (χ4v) is 1.63. The van der Waals surface area contributed by atoms with Gasteiger partial charge in [-0.05, 0) is 18.9 Å². The molecule has 1 heterocycles. The maximum atomic E-state index is 12.3. The van der Waals surface area contributed by atoms with E-state index in [2.05, 4.69) is 10.1 Å². The fraction of sp³-hybridized carbons (Fsp3) is 0.538. The Labute approximate surface area is 112 Å². The number of alkyl carbamates (subject to hydrolysis) is 1. The predicted molar refractivity (Wildman–Crippen MR) is 70.4 cm³/mol. The molecule has 0 fully saturated rings. The molecule has 1 amide bonds. The van der Waals surface area contributed by atoms with Crippen LogP contribution in [0, 0.1) is 5.92 Å². The Morgan fingerprint density at radius 2 is 2.11 bits per heavy atom. The number of methoxy groups -OCH3 is 1. The quantitative estimate of drug-likeness (QED) is 0.885. The molecule has 1 atom stereocenters. The molecule has 0 radical (unpaired) electrons. The summed E-state index contributed by atoms with van der Waals surface area (Å²) >= 11 is 0. The SMILES string of the molecule is CCOc1ccn(C(=O)[C@@H](NC(=O)OC)C(C)C)c1. The summed E-state index contributed by atoms with van der Waals surface area (Å²) in [4.78, 5) is 23.5. The van der Waals surface area contributed by atoms with Crippen molar-refractivity contribution in [2.24, 2.45) is 5.92 Å². The van der Waals surface area contributed by atoms with Gasteiger partial charge in [0.15, 0.2) is 0 Å². The van der Waals surface area contributed by atoms with Gasteiger partial charge in [-0.1, -0.05) is 13.8 Å². The Kier molecular flexibility index (Phi) is 5.41. The van der Waals surface area contributed by atoms with Gasteiger partial charge in [0.25, 0.3) is 5.91 Å². The van der Waals surface area contributed by atoms with Crippen LogP contribution >= 0.6 is 0 Å². The summed E-state index contributed by atoms with van der Waals surface area (Å²) in [7, 11) is 1.26. The molecular weight excluding hydrogens is 248 g/mol. The summed E-state index contributed by atoms with van der Waals surface area (Å²) in [6, 6.07) is 1.06. The second-order valence-corrected chi connectivity index (χ2v) is 4.38. The molecule has 1 N–H and O–H groups in total. The van der Waals surface area contributed by atoms with Crippen molar-refractivity contribution in [2.45, 2.75) is 26.8 Å². The topological polar surface area (TPSA) is 69.6 Å². The second kappa shape index (κ2) is 6.82. The molecule has 0 saturated heterocycles. The van der Waals surface area contributed by atoms with Gasteiger partial charge in [-0.15, -0.1) is 0 Å². The van der Waals surface area contributed by atoms with Crippen molar-refractivity contribution >= 4 is 12.0 Å². The number of rotatable bonds is 5. The fourth-order valence-electron chi connectivity index (χ4n) is 1.63. The molecule has 0 aliphatic heterocycles. The number of hydrogen-bond donors (Lipinski definition) is 1. The van der Waals surface area contributed by atoms with Gasteiger partial charge in [0.05, 0.1) is 19.9 Å². The number of hydrogen-bond acceptors (Lipinski definition) is 4. The highest BCUT2D eigenvalue weighted by molar-refractivity contribution is 5.88. The molecule has 0 spiro atoms. The lowest BCUT2D eigenvalue weighted by Gasteiger charge is -2.20. The van der Waals surface area contributed by atoms with Crippen LogP contribution in [0.25, 0.3) is 0 Å². The van der Waals surface area contributed by atoms with Crippen LogP contribution < -0.4 is 10.1 Å². The Hall–Kier alpha value is -1.98. The Morgan fingerprint density at radius 3 is 2.63 bits per heavy atom. The van der Waals surface area contributed by atoms with E-state index in [1.807, 2.05) is 20.8 Å². The summed E-state index contributed by atoms with van der Waals surface area (Å²) in [6.07, 6.45) is 2.59. The Balaban J connectivity index is 2.83. The average molecular weight is 268 g/mol. The van der Waals surface area contributed by atoms with E-state index < -0.39 is 12.1 Å². The van der Waals surface area contributed by atoms with E-state index in [0.717, 1.165) is 0 Å². The number of carbonyl (C=O) groups excluding carboxylic acids is 2. The molecule has 0 aliphatic rings. The van der Waals surface area contributed by atoms with Crippen LogP contribution in [-0.2, 0) is 4.74 Å². The van der Waals surface area contributed by atoms with Crippen molar-refractivity contribution < 1.29 is 19.1 Å². The van der Waals surface area contributed by atoms with Gasteiger partial charge in [-0.3, -0.25) is 9.36 Å². The van der Waals surface area contributed by atoms with Crippen LogP contribution in [0.15, 0.2) is 18.5 Å². The van der Waals surface area contributed by atoms with Crippen LogP contribution in [0.5, 0.6) is 5.75 Å². The number of ether oxygens (including phenoxy) is 2. The molecule has 0 bridgehead atoms. The molecule has 1 aromatic rings. The van der Waals surface area contributed by atoms with Gasteiger partial charge < -0.3 is 14.8 Å². The van der Waals surface area contributed by atoms with Gasteiger partial charge in [0.1, 0.15) is 11.8 Å². The summed E-state index contributed by atoms with van der Waals surface area (Å²) in [6.45, 7) is 6.11. The van der Waals surface area contributed by atoms with E-state index in [-0.39, 0.29) is 11.8 Å². The lowest BCUT2D eigenvalue weighted by molar-refractivity contribution is 0.0819.